The molecule has 0 heterocycles. The van der Waals surface area contributed by atoms with E-state index in [4.69, 9.17) is 0 Å². The second-order valence-corrected chi connectivity index (χ2v) is 9.42. The van der Waals surface area contributed by atoms with E-state index < -0.39 is 6.10 Å². The van der Waals surface area contributed by atoms with Gasteiger partial charge in [-0.25, -0.2) is 0 Å². The summed E-state index contributed by atoms with van der Waals surface area (Å²) in [6, 6.07) is 8.23. The Labute approximate surface area is 186 Å². The van der Waals surface area contributed by atoms with E-state index in [1.807, 2.05) is 18.2 Å². The molecule has 0 unspecified atom stereocenters. The molecule has 5 heteroatoms. The van der Waals surface area contributed by atoms with E-state index in [1.165, 1.54) is 11.1 Å². The number of nitrogens with zero attached hydrogens (tertiary/aromatic N) is 1. The van der Waals surface area contributed by atoms with Crippen molar-refractivity contribution in [2.24, 2.45) is 17.8 Å². The van der Waals surface area contributed by atoms with Crippen LogP contribution in [0.15, 0.2) is 48.1 Å². The van der Waals surface area contributed by atoms with Crippen LogP contribution in [0.2, 0.25) is 0 Å². The summed E-state index contributed by atoms with van der Waals surface area (Å²) in [4.78, 5) is 13.2. The van der Waals surface area contributed by atoms with Crippen LogP contribution in [0.3, 0.4) is 0 Å². The van der Waals surface area contributed by atoms with Crippen LogP contribution in [0.4, 0.5) is 0 Å². The molecule has 0 bridgehead atoms. The Balaban J connectivity index is 1.44. The Hall–Kier alpha value is -1.95. The zero-order valence-electron chi connectivity index (χ0n) is 19.1. The first-order valence-electron chi connectivity index (χ1n) is 11.5. The van der Waals surface area contributed by atoms with E-state index in [9.17, 15) is 15.0 Å². The van der Waals surface area contributed by atoms with Gasteiger partial charge in [0.15, 0.2) is 0 Å². The molecule has 2 aliphatic rings. The van der Waals surface area contributed by atoms with Crippen LogP contribution in [-0.4, -0.2) is 60.4 Å². The number of benzene rings is 1. The molecule has 0 aliphatic heterocycles. The van der Waals surface area contributed by atoms with E-state index in [2.05, 4.69) is 36.5 Å². The van der Waals surface area contributed by atoms with Gasteiger partial charge in [-0.3, -0.25) is 4.79 Å². The number of fused-ring (bicyclic) bond motifs is 1. The average Bonchev–Trinajstić information content (AvgIpc) is 3.22. The second-order valence-electron chi connectivity index (χ2n) is 9.42. The number of aliphatic hydroxyl groups excluding tert-OH is 2. The first-order valence-corrected chi connectivity index (χ1v) is 11.5. The summed E-state index contributed by atoms with van der Waals surface area (Å²) >= 11 is 0. The predicted molar refractivity (Wildman–Crippen MR) is 125 cm³/mol. The average molecular weight is 427 g/mol. The van der Waals surface area contributed by atoms with Gasteiger partial charge in [-0.2, -0.15) is 0 Å². The summed E-state index contributed by atoms with van der Waals surface area (Å²) in [6.07, 6.45) is 9.37. The summed E-state index contributed by atoms with van der Waals surface area (Å²) in [5.74, 6) is 1.12. The first-order chi connectivity index (χ1) is 14.8. The van der Waals surface area contributed by atoms with Gasteiger partial charge in [0.25, 0.3) is 0 Å². The quantitative estimate of drug-likeness (QED) is 0.397. The number of amides is 1. The van der Waals surface area contributed by atoms with Gasteiger partial charge in [0.2, 0.25) is 5.91 Å². The van der Waals surface area contributed by atoms with Crippen molar-refractivity contribution in [3.05, 3.63) is 59.2 Å². The lowest BCUT2D eigenvalue weighted by Gasteiger charge is -2.19. The van der Waals surface area contributed by atoms with Crippen molar-refractivity contribution < 1.29 is 15.0 Å². The summed E-state index contributed by atoms with van der Waals surface area (Å²) in [5, 5.41) is 24.4. The van der Waals surface area contributed by atoms with Gasteiger partial charge in [0.05, 0.1) is 12.2 Å². The lowest BCUT2D eigenvalue weighted by Crippen LogP contribution is -2.27. The Morgan fingerprint density at radius 1 is 1.32 bits per heavy atom. The fourth-order valence-corrected chi connectivity index (χ4v) is 4.99. The number of nitrogens with one attached hydrogen (secondary N) is 1. The SMILES string of the molecule is Cc1cccc(C[C@H](O)/C=C/[C@@H]2[C@H]3CC(CCNCCC(=O)N(C)C)=C[C@H]3C[C@H]2O)c1. The number of aryl methyl sites for hydroxylation is 1. The molecular formula is C26H38N2O3. The molecule has 5 nitrogen and oxygen atoms in total. The minimum Gasteiger partial charge on any atom is -0.392 e. The highest BCUT2D eigenvalue weighted by Crippen LogP contribution is 2.47. The molecule has 0 spiro atoms. The number of rotatable bonds is 10. The van der Waals surface area contributed by atoms with Gasteiger partial charge in [0.1, 0.15) is 0 Å². The Morgan fingerprint density at radius 3 is 2.87 bits per heavy atom. The fraction of sp³-hybridized carbons (Fsp3) is 0.577. The fourth-order valence-electron chi connectivity index (χ4n) is 4.99. The normalized spacial score (nSPS) is 26.2. The summed E-state index contributed by atoms with van der Waals surface area (Å²) in [5.41, 5.74) is 3.78. The molecule has 2 aliphatic carbocycles. The number of hydrogen-bond acceptors (Lipinski definition) is 4. The van der Waals surface area contributed by atoms with E-state index in [-0.39, 0.29) is 17.9 Å². The van der Waals surface area contributed by atoms with Crippen LogP contribution in [-0.2, 0) is 11.2 Å². The molecule has 1 aromatic carbocycles. The molecule has 0 saturated heterocycles. The number of carbonyl (C=O) groups excluding carboxylic acids is 1. The van der Waals surface area contributed by atoms with Gasteiger partial charge in [-0.15, -0.1) is 0 Å². The lowest BCUT2D eigenvalue weighted by molar-refractivity contribution is -0.128. The van der Waals surface area contributed by atoms with Crippen LogP contribution >= 0.6 is 0 Å². The Bertz CT molecular complexity index is 802. The number of hydrogen-bond donors (Lipinski definition) is 3. The van der Waals surface area contributed by atoms with E-state index in [1.54, 1.807) is 19.0 Å². The highest BCUT2D eigenvalue weighted by atomic mass is 16.3. The zero-order chi connectivity index (χ0) is 22.4. The first kappa shape index (κ1) is 23.7. The van der Waals surface area contributed by atoms with Gasteiger partial charge in [0, 0.05) is 39.4 Å². The third-order valence-corrected chi connectivity index (χ3v) is 6.67. The third kappa shape index (κ3) is 6.76. The number of carbonyl (C=O) groups is 1. The van der Waals surface area contributed by atoms with E-state index in [0.717, 1.165) is 31.4 Å². The van der Waals surface area contributed by atoms with Gasteiger partial charge in [-0.1, -0.05) is 53.6 Å². The molecule has 170 valence electrons. The van der Waals surface area contributed by atoms with Crippen molar-refractivity contribution in [3.63, 3.8) is 0 Å². The van der Waals surface area contributed by atoms with Crippen LogP contribution < -0.4 is 5.32 Å². The minimum atomic E-state index is -0.532. The third-order valence-electron chi connectivity index (χ3n) is 6.67. The van der Waals surface area contributed by atoms with Gasteiger partial charge < -0.3 is 20.4 Å². The van der Waals surface area contributed by atoms with Crippen LogP contribution in [0, 0.1) is 24.7 Å². The molecule has 0 aromatic heterocycles. The molecule has 1 saturated carbocycles. The largest absolute Gasteiger partial charge is 0.392 e. The molecule has 5 atom stereocenters. The highest BCUT2D eigenvalue weighted by molar-refractivity contribution is 5.75. The molecule has 1 aromatic rings. The smallest absolute Gasteiger partial charge is 0.223 e. The monoisotopic (exact) mass is 426 g/mol. The molecule has 1 fully saturated rings. The van der Waals surface area contributed by atoms with E-state index in [0.29, 0.717) is 31.2 Å². The van der Waals surface area contributed by atoms with Crippen molar-refractivity contribution in [2.75, 3.05) is 27.2 Å². The summed E-state index contributed by atoms with van der Waals surface area (Å²) in [6.45, 7) is 3.65. The van der Waals surface area contributed by atoms with Crippen LogP contribution in [0.5, 0.6) is 0 Å². The van der Waals surface area contributed by atoms with Crippen LogP contribution in [0.25, 0.3) is 0 Å². The Kier molecular flexibility index (Phi) is 8.47. The standard InChI is InChI=1S/C26H38N2O3/c1-18-5-4-6-19(13-18)15-22(29)7-8-23-24-16-20(14-21(24)17-25(23)30)9-11-27-12-10-26(31)28(2)3/h4-8,13-14,21-25,27,29-30H,9-12,15-17H2,1-3H3/b8-7+/t21-,22+,23+,24-,25+/m0/s1. The van der Waals surface area contributed by atoms with Crippen LogP contribution in [0.1, 0.15) is 36.8 Å². The lowest BCUT2D eigenvalue weighted by atomic mass is 9.88. The molecule has 0 radical (unpaired) electrons. The Morgan fingerprint density at radius 2 is 2.13 bits per heavy atom. The number of allylic oxidation sites excluding steroid dienone is 1. The second kappa shape index (κ2) is 11.1. The minimum absolute atomic E-state index is 0.108. The van der Waals surface area contributed by atoms with Gasteiger partial charge in [-0.05, 0) is 50.1 Å². The van der Waals surface area contributed by atoms with Crippen molar-refractivity contribution >= 4 is 5.91 Å². The zero-order valence-corrected chi connectivity index (χ0v) is 19.1. The van der Waals surface area contributed by atoms with Gasteiger partial charge >= 0.3 is 0 Å². The van der Waals surface area contributed by atoms with Crippen molar-refractivity contribution in [1.82, 2.24) is 10.2 Å². The van der Waals surface area contributed by atoms with Crippen molar-refractivity contribution in [2.45, 2.75) is 51.2 Å². The summed E-state index contributed by atoms with van der Waals surface area (Å²) < 4.78 is 0. The highest BCUT2D eigenvalue weighted by Gasteiger charge is 2.43. The molecule has 31 heavy (non-hydrogen) atoms. The predicted octanol–water partition coefficient (Wildman–Crippen LogP) is 2.86. The van der Waals surface area contributed by atoms with E-state index >= 15 is 0 Å². The number of aliphatic hydroxyl groups is 2. The molecule has 1 amide bonds. The molecule has 3 N–H and O–H groups in total. The summed E-state index contributed by atoms with van der Waals surface area (Å²) in [7, 11) is 3.57. The maximum Gasteiger partial charge on any atom is 0.223 e. The van der Waals surface area contributed by atoms with Crippen molar-refractivity contribution in [3.8, 4) is 0 Å². The molecular weight excluding hydrogens is 388 g/mol. The maximum absolute atomic E-state index is 11.6. The maximum atomic E-state index is 11.6. The molecule has 3 rings (SSSR count). The topological polar surface area (TPSA) is 72.8 Å². The van der Waals surface area contributed by atoms with Crippen molar-refractivity contribution in [1.29, 1.82) is 0 Å².